The van der Waals surface area contributed by atoms with Crippen molar-refractivity contribution >= 4 is 0 Å². The maximum atomic E-state index is 3.45. The molecule has 2 fully saturated rings. The molecule has 92 valence electrons. The lowest BCUT2D eigenvalue weighted by molar-refractivity contribution is 0.139. The largest absolute Gasteiger partial charge is 0.316 e. The number of hydrogen-bond donors (Lipinski definition) is 1. The lowest BCUT2D eigenvalue weighted by atomic mass is 9.75. The molecule has 2 aliphatic heterocycles. The van der Waals surface area contributed by atoms with Gasteiger partial charge in [-0.25, -0.2) is 0 Å². The lowest BCUT2D eigenvalue weighted by Gasteiger charge is -2.42. The highest BCUT2D eigenvalue weighted by Crippen LogP contribution is 2.35. The average Bonchev–Trinajstić information content (AvgIpc) is 2.53. The first-order chi connectivity index (χ1) is 8.36. The quantitative estimate of drug-likeness (QED) is 0.838. The van der Waals surface area contributed by atoms with Gasteiger partial charge in [-0.3, -0.25) is 4.90 Å². The minimum Gasteiger partial charge on any atom is -0.316 e. The summed E-state index contributed by atoms with van der Waals surface area (Å²) >= 11 is 0. The Morgan fingerprint density at radius 3 is 2.59 bits per heavy atom. The highest BCUT2D eigenvalue weighted by Gasteiger charge is 2.37. The minimum atomic E-state index is 0.658. The van der Waals surface area contributed by atoms with Crippen LogP contribution in [-0.2, 0) is 6.54 Å². The molecule has 0 aliphatic carbocycles. The molecule has 0 radical (unpaired) electrons. The molecule has 1 N–H and O–H groups in total. The van der Waals surface area contributed by atoms with Crippen molar-refractivity contribution in [2.45, 2.75) is 25.8 Å². The third kappa shape index (κ3) is 2.53. The Kier molecular flexibility index (Phi) is 3.17. The van der Waals surface area contributed by atoms with Crippen molar-refractivity contribution in [2.24, 2.45) is 5.41 Å². The van der Waals surface area contributed by atoms with E-state index in [0.717, 1.165) is 6.54 Å². The molecule has 0 aromatic heterocycles. The van der Waals surface area contributed by atoms with Gasteiger partial charge in [-0.15, -0.1) is 0 Å². The molecule has 1 aromatic carbocycles. The van der Waals surface area contributed by atoms with E-state index in [2.05, 4.69) is 40.5 Å². The molecule has 0 saturated carbocycles. The summed E-state index contributed by atoms with van der Waals surface area (Å²) in [7, 11) is 0. The predicted octanol–water partition coefficient (Wildman–Crippen LogP) is 2.26. The van der Waals surface area contributed by atoms with Gasteiger partial charge in [0.05, 0.1) is 0 Å². The molecule has 2 saturated heterocycles. The summed E-state index contributed by atoms with van der Waals surface area (Å²) in [4.78, 5) is 2.63. The third-order valence-corrected chi connectivity index (χ3v) is 4.39. The fraction of sp³-hybridized carbons (Fsp3) is 0.600. The van der Waals surface area contributed by atoms with Gasteiger partial charge < -0.3 is 5.32 Å². The Morgan fingerprint density at radius 2 is 1.88 bits per heavy atom. The van der Waals surface area contributed by atoms with Gasteiger partial charge in [0.1, 0.15) is 0 Å². The maximum Gasteiger partial charge on any atom is 0.0233 e. The Morgan fingerprint density at radius 1 is 1.06 bits per heavy atom. The van der Waals surface area contributed by atoms with Gasteiger partial charge in [0.25, 0.3) is 0 Å². The Balaban J connectivity index is 1.58. The second kappa shape index (κ2) is 4.79. The number of nitrogens with zero attached hydrogens (tertiary/aromatic N) is 1. The second-order valence-corrected chi connectivity index (χ2v) is 5.72. The van der Waals surface area contributed by atoms with Crippen molar-refractivity contribution in [3.8, 4) is 0 Å². The van der Waals surface area contributed by atoms with Gasteiger partial charge in [-0.1, -0.05) is 30.3 Å². The Labute approximate surface area is 104 Å². The number of rotatable bonds is 2. The van der Waals surface area contributed by atoms with E-state index >= 15 is 0 Å². The molecule has 0 unspecified atom stereocenters. The first kappa shape index (κ1) is 11.2. The predicted molar refractivity (Wildman–Crippen MR) is 70.9 cm³/mol. The summed E-state index contributed by atoms with van der Waals surface area (Å²) < 4.78 is 0. The van der Waals surface area contributed by atoms with Gasteiger partial charge in [-0.2, -0.15) is 0 Å². The molecule has 2 nitrogen and oxygen atoms in total. The fourth-order valence-electron chi connectivity index (χ4n) is 3.14. The monoisotopic (exact) mass is 230 g/mol. The van der Waals surface area contributed by atoms with Crippen molar-refractivity contribution in [1.82, 2.24) is 10.2 Å². The van der Waals surface area contributed by atoms with Crippen molar-refractivity contribution < 1.29 is 0 Å². The van der Waals surface area contributed by atoms with Gasteiger partial charge in [0.15, 0.2) is 0 Å². The average molecular weight is 230 g/mol. The molecule has 2 heterocycles. The summed E-state index contributed by atoms with van der Waals surface area (Å²) in [6.07, 6.45) is 4.17. The standard InChI is InChI=1S/C15H22N2/c1-2-5-14(6-3-1)11-17-9-4-7-15(8-10-17)12-16-13-15/h1-3,5-6,16H,4,7-13H2. The molecule has 2 aliphatic rings. The first-order valence-electron chi connectivity index (χ1n) is 6.83. The topological polar surface area (TPSA) is 15.3 Å². The van der Waals surface area contributed by atoms with Crippen LogP contribution in [0.5, 0.6) is 0 Å². The van der Waals surface area contributed by atoms with Crippen molar-refractivity contribution in [2.75, 3.05) is 26.2 Å². The van der Waals surface area contributed by atoms with Crippen LogP contribution >= 0.6 is 0 Å². The van der Waals surface area contributed by atoms with E-state index in [0.29, 0.717) is 5.41 Å². The van der Waals surface area contributed by atoms with Crippen molar-refractivity contribution in [3.05, 3.63) is 35.9 Å². The van der Waals surface area contributed by atoms with E-state index in [1.54, 1.807) is 0 Å². The number of nitrogens with one attached hydrogen (secondary N) is 1. The van der Waals surface area contributed by atoms with Crippen LogP contribution in [0.1, 0.15) is 24.8 Å². The zero-order chi connectivity index (χ0) is 11.6. The van der Waals surface area contributed by atoms with E-state index in [1.165, 1.54) is 51.0 Å². The smallest absolute Gasteiger partial charge is 0.0233 e. The van der Waals surface area contributed by atoms with Gasteiger partial charge >= 0.3 is 0 Å². The van der Waals surface area contributed by atoms with Crippen LogP contribution in [0.15, 0.2) is 30.3 Å². The molecule has 1 aromatic rings. The fourth-order valence-corrected chi connectivity index (χ4v) is 3.14. The zero-order valence-corrected chi connectivity index (χ0v) is 10.5. The molecular formula is C15H22N2. The number of benzene rings is 1. The van der Waals surface area contributed by atoms with Crippen molar-refractivity contribution in [3.63, 3.8) is 0 Å². The van der Waals surface area contributed by atoms with Crippen LogP contribution in [-0.4, -0.2) is 31.1 Å². The molecule has 2 heteroatoms. The minimum absolute atomic E-state index is 0.658. The van der Waals surface area contributed by atoms with E-state index in [9.17, 15) is 0 Å². The molecule has 17 heavy (non-hydrogen) atoms. The van der Waals surface area contributed by atoms with E-state index in [4.69, 9.17) is 0 Å². The van der Waals surface area contributed by atoms with Crippen LogP contribution in [0.2, 0.25) is 0 Å². The zero-order valence-electron chi connectivity index (χ0n) is 10.5. The van der Waals surface area contributed by atoms with E-state index in [-0.39, 0.29) is 0 Å². The molecule has 0 amide bonds. The van der Waals surface area contributed by atoms with Crippen LogP contribution in [0, 0.1) is 5.41 Å². The van der Waals surface area contributed by atoms with Gasteiger partial charge in [-0.05, 0) is 43.3 Å². The summed E-state index contributed by atoms with van der Waals surface area (Å²) in [5.41, 5.74) is 2.11. The molecule has 1 spiro atoms. The summed E-state index contributed by atoms with van der Waals surface area (Å²) in [5.74, 6) is 0. The van der Waals surface area contributed by atoms with Crippen LogP contribution in [0.4, 0.5) is 0 Å². The van der Waals surface area contributed by atoms with Gasteiger partial charge in [0, 0.05) is 19.6 Å². The molecular weight excluding hydrogens is 208 g/mol. The summed E-state index contributed by atoms with van der Waals surface area (Å²) in [5, 5.41) is 3.45. The van der Waals surface area contributed by atoms with Crippen molar-refractivity contribution in [1.29, 1.82) is 0 Å². The molecule has 0 bridgehead atoms. The highest BCUT2D eigenvalue weighted by atomic mass is 15.1. The van der Waals surface area contributed by atoms with Crippen LogP contribution < -0.4 is 5.32 Å². The first-order valence-corrected chi connectivity index (χ1v) is 6.83. The number of likely N-dealkylation sites (tertiary alicyclic amines) is 1. The lowest BCUT2D eigenvalue weighted by Crippen LogP contribution is -2.53. The summed E-state index contributed by atoms with van der Waals surface area (Å²) in [6.45, 7) is 6.19. The Bertz CT molecular complexity index is 356. The van der Waals surface area contributed by atoms with E-state index < -0.39 is 0 Å². The molecule has 3 rings (SSSR count). The van der Waals surface area contributed by atoms with E-state index in [1.807, 2.05) is 0 Å². The highest BCUT2D eigenvalue weighted by molar-refractivity contribution is 5.14. The normalized spacial score (nSPS) is 24.2. The Hall–Kier alpha value is -0.860. The molecule has 0 atom stereocenters. The van der Waals surface area contributed by atoms with Gasteiger partial charge in [0.2, 0.25) is 0 Å². The van der Waals surface area contributed by atoms with Crippen LogP contribution in [0.25, 0.3) is 0 Å². The number of hydrogen-bond acceptors (Lipinski definition) is 2. The van der Waals surface area contributed by atoms with Crippen LogP contribution in [0.3, 0.4) is 0 Å². The second-order valence-electron chi connectivity index (χ2n) is 5.72. The maximum absolute atomic E-state index is 3.45. The summed E-state index contributed by atoms with van der Waals surface area (Å²) in [6, 6.07) is 10.9. The SMILES string of the molecule is c1ccc(CN2CCCC3(CC2)CNC3)cc1. The third-order valence-electron chi connectivity index (χ3n) is 4.39.